The van der Waals surface area contributed by atoms with E-state index in [0.29, 0.717) is 18.8 Å². The Kier molecular flexibility index (Phi) is 4.74. The molecule has 1 saturated heterocycles. The Bertz CT molecular complexity index is 705. The summed E-state index contributed by atoms with van der Waals surface area (Å²) in [4.78, 5) is 30.2. The SMILES string of the molecule is CC(c1ccccc1)N1CC(NC(=O)Nc2ccccn2)CC1=O. The third-order valence-corrected chi connectivity index (χ3v) is 4.15. The minimum absolute atomic E-state index is 0.00986. The fraction of sp³-hybridized carbons (Fsp3) is 0.278. The Hall–Kier alpha value is -2.89. The van der Waals surface area contributed by atoms with Crippen LogP contribution in [0, 0.1) is 0 Å². The summed E-state index contributed by atoms with van der Waals surface area (Å²) >= 11 is 0. The van der Waals surface area contributed by atoms with Gasteiger partial charge in [-0.2, -0.15) is 0 Å². The molecule has 3 rings (SSSR count). The standard InChI is InChI=1S/C18H20N4O2/c1-13(14-7-3-2-4-8-14)22-12-15(11-17(22)23)20-18(24)21-16-9-5-6-10-19-16/h2-10,13,15H,11-12H2,1H3,(H2,19,20,21,24). The van der Waals surface area contributed by atoms with Crippen molar-refractivity contribution in [2.75, 3.05) is 11.9 Å². The Morgan fingerprint density at radius 2 is 1.96 bits per heavy atom. The summed E-state index contributed by atoms with van der Waals surface area (Å²) in [6.07, 6.45) is 1.92. The van der Waals surface area contributed by atoms with Gasteiger partial charge in [0.05, 0.1) is 12.1 Å². The molecule has 0 saturated carbocycles. The number of nitrogens with one attached hydrogen (secondary N) is 2. The van der Waals surface area contributed by atoms with Gasteiger partial charge >= 0.3 is 6.03 Å². The number of urea groups is 1. The molecule has 0 aliphatic carbocycles. The first-order valence-corrected chi connectivity index (χ1v) is 7.96. The molecule has 124 valence electrons. The highest BCUT2D eigenvalue weighted by atomic mass is 16.2. The zero-order valence-corrected chi connectivity index (χ0v) is 13.5. The van der Waals surface area contributed by atoms with Crippen LogP contribution in [0.4, 0.5) is 10.6 Å². The maximum atomic E-state index is 12.3. The normalized spacial score (nSPS) is 18.3. The molecule has 2 unspecified atom stereocenters. The quantitative estimate of drug-likeness (QED) is 0.908. The highest BCUT2D eigenvalue weighted by molar-refractivity contribution is 5.89. The molecule has 6 heteroatoms. The summed E-state index contributed by atoms with van der Waals surface area (Å²) in [5.74, 6) is 0.531. The Morgan fingerprint density at radius 1 is 1.21 bits per heavy atom. The molecule has 2 aromatic rings. The molecule has 6 nitrogen and oxygen atoms in total. The van der Waals surface area contributed by atoms with Gasteiger partial charge in [-0.3, -0.25) is 10.1 Å². The molecule has 1 aliphatic rings. The molecule has 3 amide bonds. The molecule has 1 fully saturated rings. The van der Waals surface area contributed by atoms with Crippen LogP contribution in [0.1, 0.15) is 24.9 Å². The van der Waals surface area contributed by atoms with Crippen molar-refractivity contribution in [3.63, 3.8) is 0 Å². The van der Waals surface area contributed by atoms with Crippen LogP contribution < -0.4 is 10.6 Å². The summed E-state index contributed by atoms with van der Waals surface area (Å²) in [5, 5.41) is 5.51. The van der Waals surface area contributed by atoms with Gasteiger partial charge in [-0.25, -0.2) is 9.78 Å². The average Bonchev–Trinajstić information content (AvgIpc) is 2.96. The number of benzene rings is 1. The van der Waals surface area contributed by atoms with E-state index in [1.807, 2.05) is 37.3 Å². The maximum absolute atomic E-state index is 12.3. The van der Waals surface area contributed by atoms with Crippen LogP contribution in [-0.2, 0) is 4.79 Å². The van der Waals surface area contributed by atoms with Gasteiger partial charge in [-0.15, -0.1) is 0 Å². The first kappa shape index (κ1) is 16.0. The molecule has 1 aromatic heterocycles. The minimum atomic E-state index is -0.347. The van der Waals surface area contributed by atoms with E-state index >= 15 is 0 Å². The minimum Gasteiger partial charge on any atom is -0.334 e. The number of amides is 3. The van der Waals surface area contributed by atoms with E-state index in [4.69, 9.17) is 0 Å². The molecule has 2 heterocycles. The van der Waals surface area contributed by atoms with E-state index in [1.54, 1.807) is 29.3 Å². The first-order valence-electron chi connectivity index (χ1n) is 7.96. The van der Waals surface area contributed by atoms with Gasteiger partial charge in [0.1, 0.15) is 5.82 Å². The van der Waals surface area contributed by atoms with Crippen LogP contribution in [0.3, 0.4) is 0 Å². The van der Waals surface area contributed by atoms with E-state index in [-0.39, 0.29) is 24.0 Å². The van der Waals surface area contributed by atoms with Crippen molar-refractivity contribution >= 4 is 17.8 Å². The number of carbonyl (C=O) groups is 2. The second-order valence-electron chi connectivity index (χ2n) is 5.85. The largest absolute Gasteiger partial charge is 0.334 e. The van der Waals surface area contributed by atoms with Gasteiger partial charge in [0.15, 0.2) is 0 Å². The number of carbonyl (C=O) groups excluding carboxylic acids is 2. The van der Waals surface area contributed by atoms with Gasteiger partial charge in [-0.05, 0) is 24.6 Å². The highest BCUT2D eigenvalue weighted by Gasteiger charge is 2.33. The van der Waals surface area contributed by atoms with Crippen LogP contribution in [0.15, 0.2) is 54.7 Å². The smallest absolute Gasteiger partial charge is 0.320 e. The van der Waals surface area contributed by atoms with Gasteiger partial charge in [-0.1, -0.05) is 36.4 Å². The third kappa shape index (κ3) is 3.71. The number of rotatable bonds is 4. The summed E-state index contributed by atoms with van der Waals surface area (Å²) in [7, 11) is 0. The highest BCUT2D eigenvalue weighted by Crippen LogP contribution is 2.25. The van der Waals surface area contributed by atoms with Crippen LogP contribution in [0.2, 0.25) is 0 Å². The van der Waals surface area contributed by atoms with E-state index in [2.05, 4.69) is 15.6 Å². The number of aromatic nitrogens is 1. The lowest BCUT2D eigenvalue weighted by atomic mass is 10.1. The maximum Gasteiger partial charge on any atom is 0.320 e. The van der Waals surface area contributed by atoms with Crippen LogP contribution in [-0.4, -0.2) is 34.4 Å². The zero-order valence-electron chi connectivity index (χ0n) is 13.5. The molecule has 2 N–H and O–H groups in total. The lowest BCUT2D eigenvalue weighted by Crippen LogP contribution is -2.40. The summed E-state index contributed by atoms with van der Waals surface area (Å²) < 4.78 is 0. The molecule has 24 heavy (non-hydrogen) atoms. The van der Waals surface area contributed by atoms with Gasteiger partial charge < -0.3 is 10.2 Å². The molecule has 1 aliphatic heterocycles. The summed E-state index contributed by atoms with van der Waals surface area (Å²) in [6, 6.07) is 14.6. The van der Waals surface area contributed by atoms with Gasteiger partial charge in [0.25, 0.3) is 0 Å². The first-order chi connectivity index (χ1) is 11.6. The van der Waals surface area contributed by atoms with E-state index in [1.165, 1.54) is 0 Å². The van der Waals surface area contributed by atoms with Gasteiger partial charge in [0.2, 0.25) is 5.91 Å². The number of pyridine rings is 1. The molecule has 2 atom stereocenters. The summed E-state index contributed by atoms with van der Waals surface area (Å²) in [5.41, 5.74) is 1.09. The topological polar surface area (TPSA) is 74.3 Å². The second-order valence-corrected chi connectivity index (χ2v) is 5.85. The lowest BCUT2D eigenvalue weighted by molar-refractivity contribution is -0.129. The number of nitrogens with zero attached hydrogens (tertiary/aromatic N) is 2. The predicted molar refractivity (Wildman–Crippen MR) is 91.4 cm³/mol. The molecular formula is C18H20N4O2. The van der Waals surface area contributed by atoms with Crippen LogP contribution in [0.5, 0.6) is 0 Å². The molecule has 0 radical (unpaired) electrons. The molecule has 0 bridgehead atoms. The second kappa shape index (κ2) is 7.12. The fourth-order valence-electron chi connectivity index (χ4n) is 2.89. The van der Waals surface area contributed by atoms with Crippen molar-refractivity contribution < 1.29 is 9.59 Å². The summed E-state index contributed by atoms with van der Waals surface area (Å²) in [6.45, 7) is 2.51. The van der Waals surface area contributed by atoms with Crippen molar-refractivity contribution in [1.29, 1.82) is 0 Å². The Morgan fingerprint density at radius 3 is 2.67 bits per heavy atom. The monoisotopic (exact) mass is 324 g/mol. The third-order valence-electron chi connectivity index (χ3n) is 4.15. The molecule has 1 aromatic carbocycles. The fourth-order valence-corrected chi connectivity index (χ4v) is 2.89. The van der Waals surface area contributed by atoms with E-state index in [9.17, 15) is 9.59 Å². The number of anilines is 1. The van der Waals surface area contributed by atoms with Crippen LogP contribution in [0.25, 0.3) is 0 Å². The van der Waals surface area contributed by atoms with Crippen LogP contribution >= 0.6 is 0 Å². The lowest BCUT2D eigenvalue weighted by Gasteiger charge is -2.25. The average molecular weight is 324 g/mol. The van der Waals surface area contributed by atoms with E-state index in [0.717, 1.165) is 5.56 Å². The molecular weight excluding hydrogens is 304 g/mol. The van der Waals surface area contributed by atoms with Gasteiger partial charge in [0, 0.05) is 19.2 Å². The Labute approximate surface area is 140 Å². The van der Waals surface area contributed by atoms with Crippen molar-refractivity contribution in [2.45, 2.75) is 25.4 Å². The zero-order chi connectivity index (χ0) is 16.9. The van der Waals surface area contributed by atoms with Crippen molar-refractivity contribution in [3.05, 3.63) is 60.3 Å². The molecule has 0 spiro atoms. The van der Waals surface area contributed by atoms with Crippen molar-refractivity contribution in [3.8, 4) is 0 Å². The van der Waals surface area contributed by atoms with E-state index < -0.39 is 0 Å². The predicted octanol–water partition coefficient (Wildman–Crippen LogP) is 2.57. The van der Waals surface area contributed by atoms with Crippen molar-refractivity contribution in [1.82, 2.24) is 15.2 Å². The number of hydrogen-bond donors (Lipinski definition) is 2. The number of likely N-dealkylation sites (tertiary alicyclic amines) is 1. The Balaban J connectivity index is 1.57. The number of hydrogen-bond acceptors (Lipinski definition) is 3. The van der Waals surface area contributed by atoms with Crippen molar-refractivity contribution in [2.24, 2.45) is 0 Å².